The maximum atomic E-state index is 13.6. The molecule has 2 atom stereocenters. The van der Waals surface area contributed by atoms with Crippen LogP contribution in [0, 0.1) is 12.8 Å². The van der Waals surface area contributed by atoms with E-state index in [1.165, 1.54) is 22.4 Å². The summed E-state index contributed by atoms with van der Waals surface area (Å²) in [4.78, 5) is 16.2. The minimum Gasteiger partial charge on any atom is -1.00 e. The number of nitrogens with zero attached hydrogens (tertiary/aromatic N) is 3. The number of rotatable bonds is 10. The van der Waals surface area contributed by atoms with Gasteiger partial charge in [0.05, 0.1) is 33.6 Å². The summed E-state index contributed by atoms with van der Waals surface area (Å²) in [7, 11) is 5.17. The van der Waals surface area contributed by atoms with Crippen LogP contribution in [0.15, 0.2) is 97.1 Å². The van der Waals surface area contributed by atoms with Crippen LogP contribution in [0.1, 0.15) is 45.2 Å². The van der Waals surface area contributed by atoms with Gasteiger partial charge in [0, 0.05) is 37.9 Å². The summed E-state index contributed by atoms with van der Waals surface area (Å²) in [6.45, 7) is 5.11. The molecule has 0 bridgehead atoms. The van der Waals surface area contributed by atoms with Gasteiger partial charge in [0.1, 0.15) is 5.75 Å². The summed E-state index contributed by atoms with van der Waals surface area (Å²) in [5.41, 5.74) is 8.14. The second kappa shape index (κ2) is 13.8. The number of para-hydroxylation sites is 3. The lowest BCUT2D eigenvalue weighted by Crippen LogP contribution is -3.00. The number of benzene rings is 5. The molecule has 5 aromatic carbocycles. The van der Waals surface area contributed by atoms with Gasteiger partial charge in [-0.15, -0.1) is 0 Å². The fraction of sp³-hybridized carbons (Fsp3) is 0.286. The number of carbonyl (C=O) groups is 1. The van der Waals surface area contributed by atoms with Crippen molar-refractivity contribution in [1.82, 2.24) is 4.57 Å². The van der Waals surface area contributed by atoms with Gasteiger partial charge in [0.2, 0.25) is 5.78 Å². The second-order valence-electron chi connectivity index (χ2n) is 13.3. The minimum absolute atomic E-state index is 0. The van der Waals surface area contributed by atoms with Gasteiger partial charge in [-0.3, -0.25) is 4.79 Å². The van der Waals surface area contributed by atoms with Crippen LogP contribution >= 0.6 is 0 Å². The molecule has 0 fully saturated rings. The Morgan fingerprint density at radius 2 is 1.52 bits per heavy atom. The predicted octanol–water partition coefficient (Wildman–Crippen LogP) is 4.52. The van der Waals surface area contributed by atoms with Crippen molar-refractivity contribution in [2.24, 2.45) is 5.92 Å². The Balaban J connectivity index is 0.00000392. The van der Waals surface area contributed by atoms with Gasteiger partial charge in [0.15, 0.2) is 29.1 Å². The summed E-state index contributed by atoms with van der Waals surface area (Å²) in [5.74, 6) is 4.40. The molecule has 0 radical (unpaired) electrons. The molecule has 2 heterocycles. The number of aromatic nitrogens is 2. The van der Waals surface area contributed by atoms with E-state index < -0.39 is 0 Å². The Labute approximate surface area is 303 Å². The Morgan fingerprint density at radius 1 is 0.780 bits per heavy atom. The van der Waals surface area contributed by atoms with Gasteiger partial charge >= 0.3 is 0 Å². The van der Waals surface area contributed by atoms with Crippen LogP contribution in [0.5, 0.6) is 17.2 Å². The lowest BCUT2D eigenvalue weighted by molar-refractivity contribution is -0.664. The largest absolute Gasteiger partial charge is 1.00 e. The number of ether oxygens (including phenoxy) is 3. The Hall–Kier alpha value is -4.82. The normalized spacial score (nSPS) is 16.0. The van der Waals surface area contributed by atoms with Crippen LogP contribution in [-0.2, 0) is 19.5 Å². The zero-order valence-corrected chi connectivity index (χ0v) is 30.6. The van der Waals surface area contributed by atoms with Crippen LogP contribution < -0.4 is 40.7 Å². The SMILES string of the molecule is COc1cc2c(cc1OC)[C@@H]1c3cccc(OC)c3N(CCCn3c(C)[n+](CC(=O)c4ccc5ccccc5c4)c4ccccc43)C[C@@H]1C2.[Br-]. The van der Waals surface area contributed by atoms with Crippen LogP contribution in [0.25, 0.3) is 21.8 Å². The number of Topliss-reactive ketones (excluding diaryl/α,β-unsaturated/α-hetero) is 1. The zero-order valence-electron chi connectivity index (χ0n) is 29.0. The van der Waals surface area contributed by atoms with Gasteiger partial charge in [-0.25, -0.2) is 9.13 Å². The summed E-state index contributed by atoms with van der Waals surface area (Å²) in [5, 5.41) is 2.22. The molecular weight excluding hydrogens is 690 g/mol. The number of aryl methyl sites for hydroxylation is 1. The highest BCUT2D eigenvalue weighted by atomic mass is 79.9. The molecule has 0 N–H and O–H groups in total. The van der Waals surface area contributed by atoms with Crippen molar-refractivity contribution in [3.63, 3.8) is 0 Å². The van der Waals surface area contributed by atoms with Crippen molar-refractivity contribution in [2.75, 3.05) is 39.3 Å². The predicted molar refractivity (Wildman–Crippen MR) is 194 cm³/mol. The molecule has 0 amide bonds. The number of hydrogen-bond donors (Lipinski definition) is 0. The minimum atomic E-state index is 0. The van der Waals surface area contributed by atoms with E-state index in [-0.39, 0.29) is 28.7 Å². The zero-order chi connectivity index (χ0) is 33.6. The molecule has 0 unspecified atom stereocenters. The fourth-order valence-corrected chi connectivity index (χ4v) is 8.43. The van der Waals surface area contributed by atoms with Crippen LogP contribution in [0.2, 0.25) is 0 Å². The first kappa shape index (κ1) is 33.7. The second-order valence-corrected chi connectivity index (χ2v) is 13.3. The van der Waals surface area contributed by atoms with E-state index in [2.05, 4.69) is 87.7 Å². The van der Waals surface area contributed by atoms with Crippen molar-refractivity contribution in [2.45, 2.75) is 38.8 Å². The first-order valence-corrected chi connectivity index (χ1v) is 17.1. The Morgan fingerprint density at radius 3 is 2.32 bits per heavy atom. The van der Waals surface area contributed by atoms with Gasteiger partial charge in [-0.05, 0) is 76.2 Å². The molecule has 8 rings (SSSR count). The standard InChI is InChI=1S/C42H42N3O4.BrH/c1-27-44(35-14-7-8-15-36(35)45(27)26-37(46)30-18-17-28-11-5-6-12-29(28)21-30)20-10-19-43-25-32-22-31-23-39(48-3)40(49-4)24-34(31)41(32)33-13-9-16-38(47-2)42(33)43;/h5-9,11-18,21,23-24,32,41H,10,19-20,22,25-26H2,1-4H3;1H/q+1;/p-1/t32-,41-;/m0./s1. The maximum absolute atomic E-state index is 13.6. The Kier molecular flexibility index (Phi) is 9.31. The summed E-state index contributed by atoms with van der Waals surface area (Å²) in [6, 6.07) is 33.4. The monoisotopic (exact) mass is 731 g/mol. The smallest absolute Gasteiger partial charge is 0.254 e. The maximum Gasteiger partial charge on any atom is 0.254 e. The molecule has 8 heteroatoms. The average Bonchev–Trinajstić information content (AvgIpc) is 3.63. The van der Waals surface area contributed by atoms with Crippen LogP contribution in [0.3, 0.4) is 0 Å². The molecule has 1 aliphatic carbocycles. The van der Waals surface area contributed by atoms with Gasteiger partial charge in [0.25, 0.3) is 5.82 Å². The van der Waals surface area contributed by atoms with Crippen molar-refractivity contribution in [3.8, 4) is 17.2 Å². The van der Waals surface area contributed by atoms with Crippen molar-refractivity contribution < 1.29 is 40.6 Å². The van der Waals surface area contributed by atoms with Gasteiger partial charge in [-0.1, -0.05) is 60.7 Å². The van der Waals surface area contributed by atoms with Crippen LogP contribution in [0.4, 0.5) is 5.69 Å². The van der Waals surface area contributed by atoms with Gasteiger partial charge in [-0.2, -0.15) is 0 Å². The lowest BCUT2D eigenvalue weighted by atomic mass is 9.81. The van der Waals surface area contributed by atoms with Crippen LogP contribution in [-0.4, -0.2) is 44.8 Å². The molecule has 0 saturated carbocycles. The third-order valence-electron chi connectivity index (χ3n) is 10.7. The number of ketones is 1. The van der Waals surface area contributed by atoms with E-state index in [9.17, 15) is 4.79 Å². The van der Waals surface area contributed by atoms with Crippen molar-refractivity contribution in [3.05, 3.63) is 125 Å². The molecule has 6 aromatic rings. The quantitative estimate of drug-likeness (QED) is 0.153. The van der Waals surface area contributed by atoms with Crippen molar-refractivity contribution in [1.29, 1.82) is 0 Å². The summed E-state index contributed by atoms with van der Waals surface area (Å²) >= 11 is 0. The average molecular weight is 733 g/mol. The molecule has 256 valence electrons. The number of hydrogen-bond acceptors (Lipinski definition) is 5. The first-order valence-electron chi connectivity index (χ1n) is 17.1. The highest BCUT2D eigenvalue weighted by molar-refractivity contribution is 5.99. The molecular formula is C42H42BrN3O4. The van der Waals surface area contributed by atoms with Crippen molar-refractivity contribution >= 4 is 33.3 Å². The number of methoxy groups -OCH3 is 3. The van der Waals surface area contributed by atoms with E-state index in [1.807, 2.05) is 30.3 Å². The molecule has 50 heavy (non-hydrogen) atoms. The lowest BCUT2D eigenvalue weighted by Gasteiger charge is -2.39. The molecule has 7 nitrogen and oxygen atoms in total. The fourth-order valence-electron chi connectivity index (χ4n) is 8.43. The van der Waals surface area contributed by atoms with E-state index in [0.717, 1.165) is 82.9 Å². The summed E-state index contributed by atoms with van der Waals surface area (Å²) in [6.07, 6.45) is 1.95. The molecule has 0 saturated heterocycles. The van der Waals surface area contributed by atoms with E-state index in [1.54, 1.807) is 21.3 Å². The highest BCUT2D eigenvalue weighted by Gasteiger charge is 2.42. The first-order chi connectivity index (χ1) is 24.0. The topological polar surface area (TPSA) is 56.8 Å². The number of anilines is 1. The molecule has 0 spiro atoms. The molecule has 2 aliphatic rings. The number of halogens is 1. The number of fused-ring (bicyclic) bond motifs is 7. The van der Waals surface area contributed by atoms with Gasteiger partial charge < -0.3 is 36.1 Å². The van der Waals surface area contributed by atoms with E-state index >= 15 is 0 Å². The Bertz CT molecular complexity index is 2230. The molecule has 1 aromatic heterocycles. The summed E-state index contributed by atoms with van der Waals surface area (Å²) < 4.78 is 21.9. The highest BCUT2D eigenvalue weighted by Crippen LogP contribution is 2.53. The van der Waals surface area contributed by atoms with E-state index in [4.69, 9.17) is 14.2 Å². The third-order valence-corrected chi connectivity index (χ3v) is 10.7. The number of carbonyl (C=O) groups excluding carboxylic acids is 1. The number of imidazole rings is 1. The third kappa shape index (κ3) is 5.69. The van der Waals surface area contributed by atoms with E-state index in [0.29, 0.717) is 12.5 Å². The molecule has 1 aliphatic heterocycles.